The highest BCUT2D eigenvalue weighted by molar-refractivity contribution is 7.89. The van der Waals surface area contributed by atoms with Crippen LogP contribution in [0.3, 0.4) is 0 Å². The first kappa shape index (κ1) is 17.5. The molecule has 1 aromatic rings. The number of nitrogens with one attached hydrogen (secondary N) is 1. The van der Waals surface area contributed by atoms with E-state index in [2.05, 4.69) is 4.72 Å². The first-order valence-electron chi connectivity index (χ1n) is 6.31. The summed E-state index contributed by atoms with van der Waals surface area (Å²) in [5.41, 5.74) is -1.99. The van der Waals surface area contributed by atoms with Gasteiger partial charge in [-0.1, -0.05) is 13.8 Å². The lowest BCUT2D eigenvalue weighted by atomic mass is 9.98. The van der Waals surface area contributed by atoms with Gasteiger partial charge in [0.1, 0.15) is 0 Å². The molecule has 1 rings (SSSR count). The number of hydrogen-bond acceptors (Lipinski definition) is 5. The van der Waals surface area contributed by atoms with Gasteiger partial charge >= 0.3 is 5.69 Å². The van der Waals surface area contributed by atoms with Crippen LogP contribution in [0.4, 0.5) is 10.1 Å². The quantitative estimate of drug-likeness (QED) is 0.585. The molecule has 0 aliphatic rings. The molecule has 9 heteroatoms. The van der Waals surface area contributed by atoms with Gasteiger partial charge in [-0.05, 0) is 18.9 Å². The van der Waals surface area contributed by atoms with Gasteiger partial charge in [0.25, 0.3) is 0 Å². The largest absolute Gasteiger partial charge is 0.389 e. The summed E-state index contributed by atoms with van der Waals surface area (Å²) in [5.74, 6) is -1.23. The number of rotatable bonds is 7. The van der Waals surface area contributed by atoms with Gasteiger partial charge in [0, 0.05) is 18.7 Å². The van der Waals surface area contributed by atoms with Crippen molar-refractivity contribution in [3.05, 3.63) is 34.1 Å². The third-order valence-electron chi connectivity index (χ3n) is 3.33. The molecule has 2 N–H and O–H groups in total. The number of benzene rings is 1. The molecule has 7 nitrogen and oxygen atoms in total. The summed E-state index contributed by atoms with van der Waals surface area (Å²) >= 11 is 0. The smallest absolute Gasteiger partial charge is 0.304 e. The van der Waals surface area contributed by atoms with E-state index in [-0.39, 0.29) is 6.54 Å². The van der Waals surface area contributed by atoms with E-state index >= 15 is 0 Å². The van der Waals surface area contributed by atoms with Crippen LogP contribution in [0.2, 0.25) is 0 Å². The van der Waals surface area contributed by atoms with E-state index in [1.165, 1.54) is 0 Å². The molecule has 0 bridgehead atoms. The predicted molar refractivity (Wildman–Crippen MR) is 73.8 cm³/mol. The van der Waals surface area contributed by atoms with Crippen LogP contribution in [0.15, 0.2) is 23.1 Å². The molecule has 0 fully saturated rings. The molecule has 21 heavy (non-hydrogen) atoms. The van der Waals surface area contributed by atoms with Gasteiger partial charge in [-0.15, -0.1) is 0 Å². The number of nitro benzene ring substituents is 1. The molecule has 0 radical (unpaired) electrons. The molecule has 0 saturated heterocycles. The van der Waals surface area contributed by atoms with E-state index in [1.54, 1.807) is 13.8 Å². The van der Waals surface area contributed by atoms with E-state index in [0.717, 1.165) is 12.1 Å². The van der Waals surface area contributed by atoms with Gasteiger partial charge in [-0.25, -0.2) is 13.1 Å². The van der Waals surface area contributed by atoms with Crippen LogP contribution in [0, 0.1) is 15.9 Å². The SMILES string of the molecule is CCC(O)(CC)CNS(=O)(=O)c1ccc([N+](=O)[O-])c(F)c1. The highest BCUT2D eigenvalue weighted by atomic mass is 32.2. The third kappa shape index (κ3) is 4.19. The summed E-state index contributed by atoms with van der Waals surface area (Å²) in [4.78, 5) is 9.12. The number of nitrogens with zero attached hydrogens (tertiary/aromatic N) is 1. The molecule has 0 unspecified atom stereocenters. The predicted octanol–water partition coefficient (Wildman–Crippen LogP) is 1.56. The summed E-state index contributed by atoms with van der Waals surface area (Å²) in [6.07, 6.45) is 0.696. The van der Waals surface area contributed by atoms with Crippen molar-refractivity contribution in [1.82, 2.24) is 4.72 Å². The average molecular weight is 320 g/mol. The summed E-state index contributed by atoms with van der Waals surface area (Å²) in [6, 6.07) is 2.31. The van der Waals surface area contributed by atoms with Crippen molar-refractivity contribution >= 4 is 15.7 Å². The average Bonchev–Trinajstić information content (AvgIpc) is 2.44. The van der Waals surface area contributed by atoms with E-state index in [4.69, 9.17) is 0 Å². The van der Waals surface area contributed by atoms with Crippen LogP contribution in [-0.2, 0) is 10.0 Å². The molecule has 0 saturated carbocycles. The zero-order chi connectivity index (χ0) is 16.3. The monoisotopic (exact) mass is 320 g/mol. The molecule has 118 valence electrons. The molecule has 0 atom stereocenters. The van der Waals surface area contributed by atoms with Crippen molar-refractivity contribution in [1.29, 1.82) is 0 Å². The van der Waals surface area contributed by atoms with Gasteiger partial charge in [0.15, 0.2) is 0 Å². The van der Waals surface area contributed by atoms with Crippen LogP contribution in [0.25, 0.3) is 0 Å². The Morgan fingerprint density at radius 2 is 1.95 bits per heavy atom. The Hall–Kier alpha value is -1.58. The van der Waals surface area contributed by atoms with E-state index in [1.807, 2.05) is 0 Å². The second kappa shape index (κ2) is 6.46. The molecular formula is C12H17FN2O5S. The van der Waals surface area contributed by atoms with Gasteiger partial charge < -0.3 is 5.11 Å². The second-order valence-corrected chi connectivity index (χ2v) is 6.39. The Morgan fingerprint density at radius 3 is 2.38 bits per heavy atom. The molecule has 0 spiro atoms. The highest BCUT2D eigenvalue weighted by Crippen LogP contribution is 2.21. The lowest BCUT2D eigenvalue weighted by molar-refractivity contribution is -0.387. The normalized spacial score (nSPS) is 12.4. The standard InChI is InChI=1S/C12H17FN2O5S/c1-3-12(16,4-2)8-14-21(19,20)9-5-6-11(15(17)18)10(13)7-9/h5-7,14,16H,3-4,8H2,1-2H3. The van der Waals surface area contributed by atoms with Gasteiger partial charge in [0.2, 0.25) is 15.8 Å². The van der Waals surface area contributed by atoms with Crippen LogP contribution in [0.1, 0.15) is 26.7 Å². The van der Waals surface area contributed by atoms with Crippen LogP contribution in [0.5, 0.6) is 0 Å². The Balaban J connectivity index is 2.99. The van der Waals surface area contributed by atoms with Gasteiger partial charge in [-0.3, -0.25) is 10.1 Å². The van der Waals surface area contributed by atoms with Crippen molar-refractivity contribution in [3.63, 3.8) is 0 Å². The minimum absolute atomic E-state index is 0.221. The number of halogens is 1. The van der Waals surface area contributed by atoms with Gasteiger partial charge in [0.05, 0.1) is 15.4 Å². The zero-order valence-corrected chi connectivity index (χ0v) is 12.5. The van der Waals surface area contributed by atoms with Crippen molar-refractivity contribution in [2.75, 3.05) is 6.54 Å². The van der Waals surface area contributed by atoms with Crippen molar-refractivity contribution < 1.29 is 22.8 Å². The molecule has 0 aliphatic carbocycles. The van der Waals surface area contributed by atoms with Crippen molar-refractivity contribution in [3.8, 4) is 0 Å². The maximum atomic E-state index is 13.5. The van der Waals surface area contributed by atoms with E-state index in [0.29, 0.717) is 18.9 Å². The minimum Gasteiger partial charge on any atom is -0.389 e. The number of nitro groups is 1. The topological polar surface area (TPSA) is 110 Å². The summed E-state index contributed by atoms with van der Waals surface area (Å²) in [6.45, 7) is 3.20. The lowest BCUT2D eigenvalue weighted by Crippen LogP contribution is -2.41. The number of sulfonamides is 1. The molecule has 1 aromatic carbocycles. The zero-order valence-electron chi connectivity index (χ0n) is 11.7. The first-order valence-corrected chi connectivity index (χ1v) is 7.79. The Kier molecular flexibility index (Phi) is 5.37. The van der Waals surface area contributed by atoms with Gasteiger partial charge in [-0.2, -0.15) is 4.39 Å². The third-order valence-corrected chi connectivity index (χ3v) is 4.73. The number of aliphatic hydroxyl groups is 1. The number of hydrogen-bond donors (Lipinski definition) is 2. The molecule has 0 heterocycles. The molecular weight excluding hydrogens is 303 g/mol. The highest BCUT2D eigenvalue weighted by Gasteiger charge is 2.26. The first-order chi connectivity index (χ1) is 9.65. The summed E-state index contributed by atoms with van der Waals surface area (Å²) in [5, 5.41) is 20.5. The second-order valence-electron chi connectivity index (χ2n) is 4.63. The Bertz CT molecular complexity index is 629. The van der Waals surface area contributed by atoms with Crippen molar-refractivity contribution in [2.24, 2.45) is 0 Å². The Morgan fingerprint density at radius 1 is 1.38 bits per heavy atom. The molecule has 0 aliphatic heterocycles. The maximum Gasteiger partial charge on any atom is 0.304 e. The lowest BCUT2D eigenvalue weighted by Gasteiger charge is -2.25. The Labute approximate surface area is 122 Å². The van der Waals surface area contributed by atoms with Crippen molar-refractivity contribution in [2.45, 2.75) is 37.2 Å². The summed E-state index contributed by atoms with van der Waals surface area (Å²) in [7, 11) is -4.05. The summed E-state index contributed by atoms with van der Waals surface area (Å²) < 4.78 is 39.6. The van der Waals surface area contributed by atoms with E-state index in [9.17, 15) is 28.0 Å². The van der Waals surface area contributed by atoms with E-state index < -0.39 is 36.9 Å². The van der Waals surface area contributed by atoms with Crippen LogP contribution in [-0.4, -0.2) is 30.6 Å². The fraction of sp³-hybridized carbons (Fsp3) is 0.500. The maximum absolute atomic E-state index is 13.5. The fourth-order valence-corrected chi connectivity index (χ4v) is 2.75. The fourth-order valence-electron chi connectivity index (χ4n) is 1.62. The molecule has 0 aromatic heterocycles. The van der Waals surface area contributed by atoms with Crippen LogP contribution < -0.4 is 4.72 Å². The minimum atomic E-state index is -4.05. The van der Waals surface area contributed by atoms with Crippen LogP contribution >= 0.6 is 0 Å². The molecule has 0 amide bonds.